The van der Waals surface area contributed by atoms with Gasteiger partial charge in [0.2, 0.25) is 0 Å². The Morgan fingerprint density at radius 2 is 1.79 bits per heavy atom. The monoisotopic (exact) mass is 538 g/mol. The maximum Gasteiger partial charge on any atom is 0.251 e. The van der Waals surface area contributed by atoms with Crippen LogP contribution in [0.5, 0.6) is 0 Å². The molecule has 0 radical (unpaired) electrons. The lowest BCUT2D eigenvalue weighted by atomic mass is 10.0. The van der Waals surface area contributed by atoms with Crippen molar-refractivity contribution < 1.29 is 4.79 Å². The molecule has 1 aliphatic heterocycles. The van der Waals surface area contributed by atoms with E-state index in [4.69, 9.17) is 0 Å². The fourth-order valence-electron chi connectivity index (χ4n) is 4.93. The molecule has 39 heavy (non-hydrogen) atoms. The molecule has 0 bridgehead atoms. The highest BCUT2D eigenvalue weighted by Crippen LogP contribution is 2.32. The van der Waals surface area contributed by atoms with Crippen LogP contribution in [0, 0.1) is 6.92 Å². The molecule has 200 valence electrons. The third-order valence-electron chi connectivity index (χ3n) is 7.59. The average Bonchev–Trinajstić information content (AvgIpc) is 3.69. The normalized spacial score (nSPS) is 16.2. The molecule has 0 unspecified atom stereocenters. The number of rotatable bonds is 8. The summed E-state index contributed by atoms with van der Waals surface area (Å²) in [6.07, 6.45) is 7.92. The van der Waals surface area contributed by atoms with Gasteiger partial charge in [0.05, 0.1) is 10.2 Å². The zero-order valence-corrected chi connectivity index (χ0v) is 23.3. The second-order valence-corrected chi connectivity index (χ2v) is 11.2. The number of nitrogens with zero attached hydrogens (tertiary/aromatic N) is 4. The van der Waals surface area contributed by atoms with Gasteiger partial charge in [-0.2, -0.15) is 0 Å². The predicted octanol–water partition coefficient (Wildman–Crippen LogP) is 5.95. The third kappa shape index (κ3) is 5.82. The first-order chi connectivity index (χ1) is 19.1. The minimum atomic E-state index is 0.00342. The highest BCUT2D eigenvalue weighted by atomic mass is 32.1. The zero-order chi connectivity index (χ0) is 26.8. The molecular weight excluding hydrogens is 504 g/mol. The average molecular weight is 539 g/mol. The van der Waals surface area contributed by atoms with Crippen LogP contribution < -0.4 is 15.5 Å². The van der Waals surface area contributed by atoms with Crippen LogP contribution in [0.25, 0.3) is 22.4 Å². The molecule has 0 atom stereocenters. The van der Waals surface area contributed by atoms with Crippen molar-refractivity contribution in [3.05, 3.63) is 76.4 Å². The molecule has 2 aliphatic rings. The largest absolute Gasteiger partial charge is 0.369 e. The van der Waals surface area contributed by atoms with E-state index in [9.17, 15) is 4.79 Å². The number of hydrogen-bond acceptors (Lipinski definition) is 7. The molecule has 8 heteroatoms. The Labute approximate surface area is 233 Å². The van der Waals surface area contributed by atoms with E-state index in [0.717, 1.165) is 84.0 Å². The van der Waals surface area contributed by atoms with Crippen LogP contribution in [0.15, 0.2) is 54.2 Å². The van der Waals surface area contributed by atoms with Gasteiger partial charge in [0.1, 0.15) is 6.33 Å². The second kappa shape index (κ2) is 11.2. The number of aromatic nitrogens is 2. The maximum absolute atomic E-state index is 12.5. The predicted molar refractivity (Wildman–Crippen MR) is 162 cm³/mol. The van der Waals surface area contributed by atoms with E-state index < -0.39 is 0 Å². The van der Waals surface area contributed by atoms with Gasteiger partial charge in [0.15, 0.2) is 5.82 Å². The van der Waals surface area contributed by atoms with Crippen molar-refractivity contribution >= 4 is 56.8 Å². The number of carbonyl (C=O) groups excluding carboxylic acids is 1. The minimum absolute atomic E-state index is 0.00342. The van der Waals surface area contributed by atoms with Crippen LogP contribution in [0.2, 0.25) is 0 Å². The summed E-state index contributed by atoms with van der Waals surface area (Å²) in [5.74, 6) is 0.813. The minimum Gasteiger partial charge on any atom is -0.369 e. The van der Waals surface area contributed by atoms with Crippen molar-refractivity contribution in [3.63, 3.8) is 0 Å². The number of carbonyl (C=O) groups is 1. The van der Waals surface area contributed by atoms with Gasteiger partial charge in [-0.25, -0.2) is 9.97 Å². The maximum atomic E-state index is 12.5. The number of thiophene rings is 1. The Balaban J connectivity index is 1.17. The first kappa shape index (κ1) is 25.5. The van der Waals surface area contributed by atoms with Crippen molar-refractivity contribution in [2.24, 2.45) is 0 Å². The standard InChI is InChI=1S/C31H34N6OS/c1-3-36-14-16-37(17-15-36)27-12-10-25(11-13-27)34-30-29-28(32-20-33-30)24(19-39-29)7-6-22-18-23(5-4-21(22)2)31(38)35-26-8-9-26/h4-7,10-13,18-20,26H,3,8-9,14-17H2,1-2H3,(H,35,38)(H,32,33,34)/b7-6+. The van der Waals surface area contributed by atoms with Crippen LogP contribution in [0.4, 0.5) is 17.2 Å². The highest BCUT2D eigenvalue weighted by Gasteiger charge is 2.24. The summed E-state index contributed by atoms with van der Waals surface area (Å²) in [6, 6.07) is 14.8. The summed E-state index contributed by atoms with van der Waals surface area (Å²) >= 11 is 1.63. The zero-order valence-electron chi connectivity index (χ0n) is 22.5. The molecule has 1 saturated carbocycles. The summed E-state index contributed by atoms with van der Waals surface area (Å²) in [5, 5.41) is 8.68. The quantitative estimate of drug-likeness (QED) is 0.289. The summed E-state index contributed by atoms with van der Waals surface area (Å²) in [7, 11) is 0. The molecular formula is C31H34N6OS. The molecule has 4 aromatic rings. The molecule has 3 heterocycles. The smallest absolute Gasteiger partial charge is 0.251 e. The van der Waals surface area contributed by atoms with Gasteiger partial charge in [0, 0.05) is 60.1 Å². The number of fused-ring (bicyclic) bond motifs is 1. The molecule has 1 saturated heterocycles. The number of hydrogen-bond donors (Lipinski definition) is 2. The Bertz CT molecular complexity index is 1500. The molecule has 2 fully saturated rings. The summed E-state index contributed by atoms with van der Waals surface area (Å²) in [5.41, 5.74) is 7.08. The van der Waals surface area contributed by atoms with Crippen LogP contribution in [0.3, 0.4) is 0 Å². The number of benzene rings is 2. The summed E-state index contributed by atoms with van der Waals surface area (Å²) in [6.45, 7) is 9.78. The molecule has 0 spiro atoms. The van der Waals surface area contributed by atoms with Crippen LogP contribution in [-0.4, -0.2) is 59.5 Å². The summed E-state index contributed by atoms with van der Waals surface area (Å²) in [4.78, 5) is 26.6. The number of anilines is 3. The topological polar surface area (TPSA) is 73.4 Å². The fraction of sp³-hybridized carbons (Fsp3) is 0.323. The Kier molecular flexibility index (Phi) is 7.30. The number of aryl methyl sites for hydroxylation is 1. The number of piperazine rings is 1. The van der Waals surface area contributed by atoms with Gasteiger partial charge in [-0.15, -0.1) is 11.3 Å². The van der Waals surface area contributed by atoms with E-state index in [0.29, 0.717) is 11.6 Å². The van der Waals surface area contributed by atoms with Crippen LogP contribution in [-0.2, 0) is 0 Å². The molecule has 2 aromatic carbocycles. The van der Waals surface area contributed by atoms with Gasteiger partial charge in [0.25, 0.3) is 5.91 Å². The SMILES string of the molecule is CCN1CCN(c2ccc(Nc3ncnc4c(/C=C/c5cc(C(=O)NC6CC6)ccc5C)csc34)cc2)CC1. The first-order valence-electron chi connectivity index (χ1n) is 13.7. The van der Waals surface area contributed by atoms with Crippen molar-refractivity contribution in [2.45, 2.75) is 32.7 Å². The number of likely N-dealkylation sites (N-methyl/N-ethyl adjacent to an activating group) is 1. The lowest BCUT2D eigenvalue weighted by Crippen LogP contribution is -2.46. The lowest BCUT2D eigenvalue weighted by Gasteiger charge is -2.35. The van der Waals surface area contributed by atoms with Gasteiger partial charge in [-0.1, -0.05) is 25.1 Å². The van der Waals surface area contributed by atoms with E-state index in [1.807, 2.05) is 18.2 Å². The van der Waals surface area contributed by atoms with Gasteiger partial charge in [-0.3, -0.25) is 4.79 Å². The van der Waals surface area contributed by atoms with Crippen LogP contribution in [0.1, 0.15) is 46.8 Å². The Morgan fingerprint density at radius 3 is 2.54 bits per heavy atom. The van der Waals surface area contributed by atoms with E-state index in [1.54, 1.807) is 17.7 Å². The van der Waals surface area contributed by atoms with Crippen LogP contribution >= 0.6 is 11.3 Å². The highest BCUT2D eigenvalue weighted by molar-refractivity contribution is 7.18. The van der Waals surface area contributed by atoms with Gasteiger partial charge < -0.3 is 20.4 Å². The second-order valence-electron chi connectivity index (χ2n) is 10.3. The van der Waals surface area contributed by atoms with E-state index >= 15 is 0 Å². The Morgan fingerprint density at radius 1 is 1.03 bits per heavy atom. The number of nitrogens with one attached hydrogen (secondary N) is 2. The summed E-state index contributed by atoms with van der Waals surface area (Å²) < 4.78 is 1.02. The molecule has 2 aromatic heterocycles. The van der Waals surface area contributed by atoms with Crippen molar-refractivity contribution in [2.75, 3.05) is 42.9 Å². The van der Waals surface area contributed by atoms with Crippen molar-refractivity contribution in [1.82, 2.24) is 20.2 Å². The molecule has 2 N–H and O–H groups in total. The van der Waals surface area contributed by atoms with Gasteiger partial charge >= 0.3 is 0 Å². The molecule has 1 aliphatic carbocycles. The van der Waals surface area contributed by atoms with Crippen molar-refractivity contribution in [3.8, 4) is 0 Å². The first-order valence-corrected chi connectivity index (χ1v) is 14.6. The van der Waals surface area contributed by atoms with E-state index in [1.165, 1.54) is 5.69 Å². The number of amides is 1. The van der Waals surface area contributed by atoms with Gasteiger partial charge in [-0.05, 0) is 73.8 Å². The Hall–Kier alpha value is -3.75. The van der Waals surface area contributed by atoms with E-state index in [-0.39, 0.29) is 5.91 Å². The molecule has 7 nitrogen and oxygen atoms in total. The molecule has 6 rings (SSSR count). The lowest BCUT2D eigenvalue weighted by molar-refractivity contribution is 0.0951. The van der Waals surface area contributed by atoms with E-state index in [2.05, 4.69) is 86.0 Å². The van der Waals surface area contributed by atoms with Crippen molar-refractivity contribution in [1.29, 1.82) is 0 Å². The third-order valence-corrected chi connectivity index (χ3v) is 8.59. The fourth-order valence-corrected chi connectivity index (χ4v) is 5.86. The molecule has 1 amide bonds.